The summed E-state index contributed by atoms with van der Waals surface area (Å²) in [5, 5.41) is 0. The summed E-state index contributed by atoms with van der Waals surface area (Å²) in [5.74, 6) is 2.80. The average Bonchev–Trinajstić information content (AvgIpc) is 2.60. The van der Waals surface area contributed by atoms with E-state index in [1.807, 2.05) is 0 Å². The van der Waals surface area contributed by atoms with Gasteiger partial charge < -0.3 is 5.73 Å². The van der Waals surface area contributed by atoms with Gasteiger partial charge in [0.1, 0.15) is 0 Å². The van der Waals surface area contributed by atoms with Gasteiger partial charge in [-0.05, 0) is 50.4 Å². The van der Waals surface area contributed by atoms with Gasteiger partial charge in [0, 0.05) is 6.04 Å². The molecule has 2 bridgehead atoms. The van der Waals surface area contributed by atoms with Gasteiger partial charge in [-0.15, -0.1) is 0 Å². The third-order valence-electron chi connectivity index (χ3n) is 3.41. The SMILES string of the molecule is C[C@H](N)CCC1CC2C=CC1C2. The molecule has 1 heteroatoms. The molecule has 0 aromatic carbocycles. The molecule has 0 heterocycles. The molecular weight excluding hydrogens is 146 g/mol. The first-order valence-electron chi connectivity index (χ1n) is 5.19. The van der Waals surface area contributed by atoms with Gasteiger partial charge in [0.15, 0.2) is 0 Å². The smallest absolute Gasteiger partial charge is 0.00105 e. The molecule has 2 aliphatic rings. The minimum atomic E-state index is 0.396. The van der Waals surface area contributed by atoms with Crippen molar-refractivity contribution in [2.45, 2.75) is 38.6 Å². The Balaban J connectivity index is 1.80. The Morgan fingerprint density at radius 3 is 2.75 bits per heavy atom. The first kappa shape index (κ1) is 8.31. The second kappa shape index (κ2) is 3.21. The predicted molar refractivity (Wildman–Crippen MR) is 51.7 cm³/mol. The Kier molecular flexibility index (Phi) is 2.22. The molecule has 0 aromatic rings. The zero-order valence-electron chi connectivity index (χ0n) is 7.87. The van der Waals surface area contributed by atoms with E-state index in [0.29, 0.717) is 6.04 Å². The fraction of sp³-hybridized carbons (Fsp3) is 0.818. The highest BCUT2D eigenvalue weighted by molar-refractivity contribution is 5.09. The summed E-state index contributed by atoms with van der Waals surface area (Å²) in [5.41, 5.74) is 5.75. The lowest BCUT2D eigenvalue weighted by molar-refractivity contribution is 0.390. The Morgan fingerprint density at radius 2 is 2.25 bits per heavy atom. The summed E-state index contributed by atoms with van der Waals surface area (Å²) in [7, 11) is 0. The second-order valence-electron chi connectivity index (χ2n) is 4.59. The van der Waals surface area contributed by atoms with Gasteiger partial charge in [-0.1, -0.05) is 12.2 Å². The van der Waals surface area contributed by atoms with E-state index in [-0.39, 0.29) is 0 Å². The van der Waals surface area contributed by atoms with Crippen LogP contribution in [0.25, 0.3) is 0 Å². The van der Waals surface area contributed by atoms with Crippen LogP contribution in [0, 0.1) is 17.8 Å². The number of rotatable bonds is 3. The van der Waals surface area contributed by atoms with Crippen molar-refractivity contribution in [1.29, 1.82) is 0 Å². The summed E-state index contributed by atoms with van der Waals surface area (Å²) in [6.07, 6.45) is 10.3. The molecule has 0 amide bonds. The average molecular weight is 165 g/mol. The maximum Gasteiger partial charge on any atom is 0.00105 e. The molecule has 0 aromatic heterocycles. The predicted octanol–water partition coefficient (Wildman–Crippen LogP) is 2.33. The normalized spacial score (nSPS) is 40.7. The van der Waals surface area contributed by atoms with Crippen LogP contribution in [0.4, 0.5) is 0 Å². The molecule has 0 aliphatic heterocycles. The van der Waals surface area contributed by atoms with Crippen molar-refractivity contribution < 1.29 is 0 Å². The lowest BCUT2D eigenvalue weighted by Gasteiger charge is -2.18. The van der Waals surface area contributed by atoms with Crippen molar-refractivity contribution in [1.82, 2.24) is 0 Å². The van der Waals surface area contributed by atoms with E-state index in [1.54, 1.807) is 0 Å². The van der Waals surface area contributed by atoms with Gasteiger partial charge in [0.2, 0.25) is 0 Å². The lowest BCUT2D eigenvalue weighted by atomic mass is 9.88. The van der Waals surface area contributed by atoms with Crippen molar-refractivity contribution in [3.05, 3.63) is 12.2 Å². The van der Waals surface area contributed by atoms with E-state index in [4.69, 9.17) is 5.73 Å². The van der Waals surface area contributed by atoms with E-state index in [0.717, 1.165) is 17.8 Å². The van der Waals surface area contributed by atoms with Gasteiger partial charge in [0.05, 0.1) is 0 Å². The Morgan fingerprint density at radius 1 is 1.42 bits per heavy atom. The molecule has 1 fully saturated rings. The van der Waals surface area contributed by atoms with Crippen molar-refractivity contribution >= 4 is 0 Å². The first-order valence-corrected chi connectivity index (χ1v) is 5.19. The van der Waals surface area contributed by atoms with Gasteiger partial charge in [-0.2, -0.15) is 0 Å². The number of allylic oxidation sites excluding steroid dienone is 2. The molecule has 3 unspecified atom stereocenters. The van der Waals surface area contributed by atoms with E-state index in [9.17, 15) is 0 Å². The van der Waals surface area contributed by atoms with Gasteiger partial charge in [-0.3, -0.25) is 0 Å². The Labute approximate surface area is 75.0 Å². The van der Waals surface area contributed by atoms with Crippen molar-refractivity contribution in [2.24, 2.45) is 23.5 Å². The monoisotopic (exact) mass is 165 g/mol. The van der Waals surface area contributed by atoms with Crippen LogP contribution in [0.3, 0.4) is 0 Å². The van der Waals surface area contributed by atoms with Crippen molar-refractivity contribution in [2.75, 3.05) is 0 Å². The van der Waals surface area contributed by atoms with E-state index in [1.165, 1.54) is 25.7 Å². The largest absolute Gasteiger partial charge is 0.328 e. The highest BCUT2D eigenvalue weighted by Gasteiger charge is 2.34. The van der Waals surface area contributed by atoms with Crippen LogP contribution < -0.4 is 5.73 Å². The maximum absolute atomic E-state index is 5.75. The van der Waals surface area contributed by atoms with E-state index in [2.05, 4.69) is 19.1 Å². The molecule has 2 N–H and O–H groups in total. The third kappa shape index (κ3) is 1.56. The number of nitrogens with two attached hydrogens (primary N) is 1. The molecule has 0 saturated heterocycles. The summed E-state index contributed by atoms with van der Waals surface area (Å²) in [4.78, 5) is 0. The minimum Gasteiger partial charge on any atom is -0.328 e. The Hall–Kier alpha value is -0.300. The molecule has 68 valence electrons. The van der Waals surface area contributed by atoms with Gasteiger partial charge >= 0.3 is 0 Å². The Bertz CT molecular complexity index is 183. The topological polar surface area (TPSA) is 26.0 Å². The fourth-order valence-electron chi connectivity index (χ4n) is 2.70. The molecule has 2 aliphatic carbocycles. The van der Waals surface area contributed by atoms with Crippen LogP contribution in [0.1, 0.15) is 32.6 Å². The molecule has 2 rings (SSSR count). The zero-order chi connectivity index (χ0) is 8.55. The van der Waals surface area contributed by atoms with Crippen LogP contribution in [0.5, 0.6) is 0 Å². The third-order valence-corrected chi connectivity index (χ3v) is 3.41. The van der Waals surface area contributed by atoms with Crippen LogP contribution in [0.2, 0.25) is 0 Å². The number of fused-ring (bicyclic) bond motifs is 2. The molecule has 1 saturated carbocycles. The molecule has 4 atom stereocenters. The minimum absolute atomic E-state index is 0.396. The second-order valence-corrected chi connectivity index (χ2v) is 4.59. The summed E-state index contributed by atoms with van der Waals surface area (Å²) >= 11 is 0. The first-order chi connectivity index (χ1) is 5.75. The highest BCUT2D eigenvalue weighted by atomic mass is 14.6. The molecular formula is C11H19N. The van der Waals surface area contributed by atoms with E-state index >= 15 is 0 Å². The molecule has 12 heavy (non-hydrogen) atoms. The summed E-state index contributed by atoms with van der Waals surface area (Å²) < 4.78 is 0. The summed E-state index contributed by atoms with van der Waals surface area (Å²) in [6, 6.07) is 0.396. The van der Waals surface area contributed by atoms with Gasteiger partial charge in [0.25, 0.3) is 0 Å². The van der Waals surface area contributed by atoms with E-state index < -0.39 is 0 Å². The van der Waals surface area contributed by atoms with Crippen molar-refractivity contribution in [3.8, 4) is 0 Å². The molecule has 0 radical (unpaired) electrons. The van der Waals surface area contributed by atoms with Crippen LogP contribution in [0.15, 0.2) is 12.2 Å². The number of hydrogen-bond acceptors (Lipinski definition) is 1. The standard InChI is InChI=1S/C11H19N/c1-8(12)2-4-10-6-9-3-5-11(10)7-9/h3,5,8-11H,2,4,6-7,12H2,1H3/t8-,9?,10?,11?/m0/s1. The highest BCUT2D eigenvalue weighted by Crippen LogP contribution is 2.45. The van der Waals surface area contributed by atoms with Crippen LogP contribution in [-0.4, -0.2) is 6.04 Å². The maximum atomic E-state index is 5.75. The molecule has 1 nitrogen and oxygen atoms in total. The van der Waals surface area contributed by atoms with Gasteiger partial charge in [-0.25, -0.2) is 0 Å². The quantitative estimate of drug-likeness (QED) is 0.638. The molecule has 0 spiro atoms. The lowest BCUT2D eigenvalue weighted by Crippen LogP contribution is -2.17. The summed E-state index contributed by atoms with van der Waals surface area (Å²) in [6.45, 7) is 2.11. The van der Waals surface area contributed by atoms with Crippen LogP contribution in [-0.2, 0) is 0 Å². The van der Waals surface area contributed by atoms with Crippen molar-refractivity contribution in [3.63, 3.8) is 0 Å². The van der Waals surface area contributed by atoms with Crippen LogP contribution >= 0.6 is 0 Å². The zero-order valence-corrected chi connectivity index (χ0v) is 7.87. The number of hydrogen-bond donors (Lipinski definition) is 1. The fourth-order valence-corrected chi connectivity index (χ4v) is 2.70.